The van der Waals surface area contributed by atoms with E-state index >= 15 is 0 Å². The first-order chi connectivity index (χ1) is 13.1. The summed E-state index contributed by atoms with van der Waals surface area (Å²) in [5.41, 5.74) is -1.98. The van der Waals surface area contributed by atoms with E-state index < -0.39 is 22.9 Å². The van der Waals surface area contributed by atoms with Gasteiger partial charge in [0.2, 0.25) is 5.88 Å². The number of likely N-dealkylation sites (tertiary alicyclic amines) is 1. The van der Waals surface area contributed by atoms with Crippen LogP contribution in [0.1, 0.15) is 31.2 Å². The number of hydrogen-bond donors (Lipinski definition) is 2. The topological polar surface area (TPSA) is 90.7 Å². The van der Waals surface area contributed by atoms with E-state index in [1.54, 1.807) is 0 Å². The van der Waals surface area contributed by atoms with E-state index in [-0.39, 0.29) is 11.3 Å². The zero-order valence-electron chi connectivity index (χ0n) is 15.0. The van der Waals surface area contributed by atoms with Gasteiger partial charge in [0.25, 0.3) is 5.56 Å². The van der Waals surface area contributed by atoms with Crippen molar-refractivity contribution >= 4 is 6.21 Å². The van der Waals surface area contributed by atoms with Gasteiger partial charge in [-0.15, -0.1) is 0 Å². The fraction of sp³-hybridized carbons (Fsp3) is 0.421. The van der Waals surface area contributed by atoms with Crippen molar-refractivity contribution in [3.8, 4) is 11.6 Å². The molecule has 8 heteroatoms. The van der Waals surface area contributed by atoms with Crippen LogP contribution in [0.5, 0.6) is 5.88 Å². The quantitative estimate of drug-likeness (QED) is 0.594. The number of aromatic hydroxyl groups is 1. The van der Waals surface area contributed by atoms with Gasteiger partial charge in [-0.1, -0.05) is 18.6 Å². The number of hydrogen-bond acceptors (Lipinski definition) is 5. The highest BCUT2D eigenvalue weighted by Crippen LogP contribution is 2.17. The summed E-state index contributed by atoms with van der Waals surface area (Å²) in [5.74, 6) is -1.32. The molecule has 1 aromatic carbocycles. The van der Waals surface area contributed by atoms with Crippen LogP contribution in [-0.4, -0.2) is 52.0 Å². The first-order valence-electron chi connectivity index (χ1n) is 9.13. The number of aromatic amines is 1. The molecule has 1 aliphatic heterocycles. The van der Waals surface area contributed by atoms with Gasteiger partial charge in [-0.25, -0.2) is 13.8 Å². The first kappa shape index (κ1) is 19.0. The lowest BCUT2D eigenvalue weighted by atomic mass is 10.1. The van der Waals surface area contributed by atoms with E-state index in [0.717, 1.165) is 30.6 Å². The molecule has 1 saturated heterocycles. The molecular formula is C19H23FN4O3. The molecular weight excluding hydrogens is 351 g/mol. The Bertz CT molecular complexity index is 929. The lowest BCUT2D eigenvalue weighted by molar-refractivity contribution is 0.228. The molecule has 0 saturated carbocycles. The molecule has 0 aliphatic carbocycles. The Balaban J connectivity index is 1.75. The first-order valence-corrected chi connectivity index (χ1v) is 9.13. The third kappa shape index (κ3) is 4.51. The van der Waals surface area contributed by atoms with E-state index in [0.29, 0.717) is 6.54 Å². The van der Waals surface area contributed by atoms with E-state index in [1.165, 1.54) is 49.7 Å². The molecule has 0 radical (unpaired) electrons. The molecule has 2 N–H and O–H groups in total. The third-order valence-electron chi connectivity index (χ3n) is 4.64. The third-order valence-corrected chi connectivity index (χ3v) is 4.64. The molecule has 1 aromatic heterocycles. The van der Waals surface area contributed by atoms with Crippen molar-refractivity contribution in [1.82, 2.24) is 14.5 Å². The molecule has 2 heterocycles. The number of piperidine rings is 1. The molecule has 2 aromatic rings. The Morgan fingerprint density at radius 3 is 2.67 bits per heavy atom. The van der Waals surface area contributed by atoms with E-state index in [9.17, 15) is 19.1 Å². The number of aromatic nitrogens is 2. The maximum atomic E-state index is 14.0. The average molecular weight is 374 g/mol. The Morgan fingerprint density at radius 1 is 1.19 bits per heavy atom. The van der Waals surface area contributed by atoms with Gasteiger partial charge in [0.15, 0.2) is 0 Å². The number of benzene rings is 1. The van der Waals surface area contributed by atoms with Crippen LogP contribution < -0.4 is 11.2 Å². The summed E-state index contributed by atoms with van der Waals surface area (Å²) in [4.78, 5) is 32.7. The maximum absolute atomic E-state index is 14.0. The highest BCUT2D eigenvalue weighted by molar-refractivity contribution is 5.82. The maximum Gasteiger partial charge on any atom is 0.335 e. The molecule has 0 amide bonds. The Kier molecular flexibility index (Phi) is 6.18. The monoisotopic (exact) mass is 374 g/mol. The molecule has 0 atom stereocenters. The van der Waals surface area contributed by atoms with Gasteiger partial charge < -0.3 is 10.0 Å². The molecule has 144 valence electrons. The number of nitrogens with one attached hydrogen (secondary N) is 1. The van der Waals surface area contributed by atoms with Crippen LogP contribution >= 0.6 is 0 Å². The van der Waals surface area contributed by atoms with Gasteiger partial charge in [0, 0.05) is 12.8 Å². The minimum Gasteiger partial charge on any atom is -0.493 e. The van der Waals surface area contributed by atoms with Gasteiger partial charge >= 0.3 is 5.69 Å². The summed E-state index contributed by atoms with van der Waals surface area (Å²) in [7, 11) is 0. The Hall–Kier alpha value is -2.74. The van der Waals surface area contributed by atoms with Crippen molar-refractivity contribution in [3.05, 3.63) is 56.5 Å². The summed E-state index contributed by atoms with van der Waals surface area (Å²) in [6.07, 6.45) is 5.81. The van der Waals surface area contributed by atoms with E-state index in [2.05, 4.69) is 14.9 Å². The van der Waals surface area contributed by atoms with Crippen molar-refractivity contribution < 1.29 is 9.50 Å². The van der Waals surface area contributed by atoms with Crippen LogP contribution in [0.3, 0.4) is 0 Å². The summed E-state index contributed by atoms with van der Waals surface area (Å²) in [6, 6.07) is 5.51. The minimum atomic E-state index is -0.912. The smallest absolute Gasteiger partial charge is 0.335 e. The van der Waals surface area contributed by atoms with E-state index in [4.69, 9.17) is 0 Å². The number of para-hydroxylation sites is 1. The van der Waals surface area contributed by atoms with Gasteiger partial charge in [-0.3, -0.25) is 14.8 Å². The van der Waals surface area contributed by atoms with Crippen LogP contribution in [0.4, 0.5) is 4.39 Å². The second kappa shape index (κ2) is 8.77. The van der Waals surface area contributed by atoms with Crippen molar-refractivity contribution in [2.75, 3.05) is 26.2 Å². The molecule has 3 rings (SSSR count). The Labute approximate surface area is 155 Å². The Morgan fingerprint density at radius 2 is 1.93 bits per heavy atom. The lowest BCUT2D eigenvalue weighted by Gasteiger charge is -2.25. The minimum absolute atomic E-state index is 0.143. The van der Waals surface area contributed by atoms with Crippen molar-refractivity contribution in [2.45, 2.75) is 25.7 Å². The van der Waals surface area contributed by atoms with Crippen LogP contribution in [0.25, 0.3) is 5.69 Å². The fourth-order valence-electron chi connectivity index (χ4n) is 3.24. The molecule has 27 heavy (non-hydrogen) atoms. The molecule has 1 fully saturated rings. The molecule has 0 bridgehead atoms. The molecule has 7 nitrogen and oxygen atoms in total. The summed E-state index contributed by atoms with van der Waals surface area (Å²) in [5, 5.41) is 10.4. The zero-order chi connectivity index (χ0) is 19.2. The largest absolute Gasteiger partial charge is 0.493 e. The summed E-state index contributed by atoms with van der Waals surface area (Å²) >= 11 is 0. The van der Waals surface area contributed by atoms with Crippen LogP contribution in [0.2, 0.25) is 0 Å². The predicted octanol–water partition coefficient (Wildman–Crippen LogP) is 1.67. The molecule has 0 spiro atoms. The van der Waals surface area contributed by atoms with Crippen molar-refractivity contribution in [3.63, 3.8) is 0 Å². The summed E-state index contributed by atoms with van der Waals surface area (Å²) in [6.45, 7) is 3.65. The highest BCUT2D eigenvalue weighted by Gasteiger charge is 2.16. The van der Waals surface area contributed by atoms with Gasteiger partial charge in [0.1, 0.15) is 11.4 Å². The normalized spacial score (nSPS) is 15.4. The second-order valence-corrected chi connectivity index (χ2v) is 6.57. The average Bonchev–Trinajstić information content (AvgIpc) is 2.66. The number of aliphatic imine (C=N–C) groups is 1. The number of H-pyrrole nitrogens is 1. The standard InChI is InChI=1S/C19H23FN4O3/c20-15-7-2-3-8-16(15)24-18(26)14(17(25)22-19(24)27)13-21-9-6-12-23-10-4-1-5-11-23/h2-3,7-8,13,26H,1,4-6,9-12H2,(H,22,25,27). The fourth-order valence-corrected chi connectivity index (χ4v) is 3.24. The number of halogens is 1. The van der Waals surface area contributed by atoms with E-state index in [1.807, 2.05) is 0 Å². The second-order valence-electron chi connectivity index (χ2n) is 6.57. The summed E-state index contributed by atoms with van der Waals surface area (Å²) < 4.78 is 14.7. The van der Waals surface area contributed by atoms with Gasteiger partial charge in [0.05, 0.1) is 5.69 Å². The van der Waals surface area contributed by atoms with Crippen molar-refractivity contribution in [1.29, 1.82) is 0 Å². The molecule has 0 unspecified atom stereocenters. The van der Waals surface area contributed by atoms with Crippen LogP contribution in [-0.2, 0) is 0 Å². The number of rotatable bonds is 6. The van der Waals surface area contributed by atoms with Crippen LogP contribution in [0, 0.1) is 5.82 Å². The lowest BCUT2D eigenvalue weighted by Crippen LogP contribution is -2.32. The number of nitrogens with zero attached hydrogens (tertiary/aromatic N) is 3. The van der Waals surface area contributed by atoms with Crippen molar-refractivity contribution in [2.24, 2.45) is 4.99 Å². The highest BCUT2D eigenvalue weighted by atomic mass is 19.1. The van der Waals surface area contributed by atoms with Gasteiger partial charge in [-0.05, 0) is 51.0 Å². The predicted molar refractivity (Wildman–Crippen MR) is 102 cm³/mol. The SMILES string of the molecule is O=c1[nH]c(=O)n(-c2ccccc2F)c(O)c1C=NCCCN1CCCCC1. The zero-order valence-corrected chi connectivity index (χ0v) is 15.0. The van der Waals surface area contributed by atoms with Crippen LogP contribution in [0.15, 0.2) is 38.8 Å². The molecule has 1 aliphatic rings. The van der Waals surface area contributed by atoms with Gasteiger partial charge in [-0.2, -0.15) is 0 Å².